The summed E-state index contributed by atoms with van der Waals surface area (Å²) < 4.78 is 5.69. The van der Waals surface area contributed by atoms with Crippen molar-refractivity contribution in [3.8, 4) is 0 Å². The number of rotatable bonds is 3. The van der Waals surface area contributed by atoms with E-state index in [9.17, 15) is 0 Å². The predicted octanol–water partition coefficient (Wildman–Crippen LogP) is 3.36. The zero-order chi connectivity index (χ0) is 12.5. The van der Waals surface area contributed by atoms with Gasteiger partial charge in [0.25, 0.3) is 0 Å². The van der Waals surface area contributed by atoms with Crippen molar-refractivity contribution >= 4 is 0 Å². The van der Waals surface area contributed by atoms with Crippen molar-refractivity contribution in [2.75, 3.05) is 13.2 Å². The van der Waals surface area contributed by atoms with Crippen LogP contribution in [0.4, 0.5) is 0 Å². The fourth-order valence-corrected chi connectivity index (χ4v) is 4.09. The van der Waals surface area contributed by atoms with Crippen molar-refractivity contribution in [3.63, 3.8) is 0 Å². The van der Waals surface area contributed by atoms with Crippen molar-refractivity contribution in [3.05, 3.63) is 0 Å². The third-order valence-electron chi connectivity index (χ3n) is 4.21. The molecule has 0 aromatic heterocycles. The number of hydrogen-bond donors (Lipinski definition) is 1. The number of hydrogen-bond acceptors (Lipinski definition) is 2. The van der Waals surface area contributed by atoms with Gasteiger partial charge in [-0.2, -0.15) is 0 Å². The van der Waals surface area contributed by atoms with E-state index in [-0.39, 0.29) is 0 Å². The Kier molecular flexibility index (Phi) is 3.84. The van der Waals surface area contributed by atoms with Crippen LogP contribution in [-0.4, -0.2) is 25.3 Å². The Morgan fingerprint density at radius 1 is 1.12 bits per heavy atom. The van der Waals surface area contributed by atoms with Crippen LogP contribution in [0.15, 0.2) is 0 Å². The molecule has 0 spiro atoms. The molecule has 0 radical (unpaired) electrons. The molecule has 1 aliphatic carbocycles. The Bertz CT molecular complexity index is 238. The van der Waals surface area contributed by atoms with E-state index in [0.717, 1.165) is 13.2 Å². The van der Waals surface area contributed by atoms with E-state index in [1.54, 1.807) is 0 Å². The van der Waals surface area contributed by atoms with Crippen molar-refractivity contribution < 1.29 is 4.74 Å². The summed E-state index contributed by atoms with van der Waals surface area (Å²) in [7, 11) is 0. The number of ether oxygens (including phenoxy) is 1. The lowest BCUT2D eigenvalue weighted by atomic mass is 9.63. The second kappa shape index (κ2) is 4.89. The van der Waals surface area contributed by atoms with Gasteiger partial charge in [0, 0.05) is 19.2 Å². The molecule has 1 heterocycles. The minimum Gasteiger partial charge on any atom is -0.377 e. The lowest BCUT2D eigenvalue weighted by Crippen LogP contribution is -2.45. The maximum absolute atomic E-state index is 5.69. The zero-order valence-electron chi connectivity index (χ0n) is 12.0. The standard InChI is InChI=1S/C15H29NO/c1-14(2)8-12(9-15(3,4)11-14)16-10-13-6-5-7-17-13/h12-13,16H,5-11H2,1-4H3. The van der Waals surface area contributed by atoms with Gasteiger partial charge in [0.05, 0.1) is 6.10 Å². The summed E-state index contributed by atoms with van der Waals surface area (Å²) in [4.78, 5) is 0. The molecule has 1 atom stereocenters. The molecule has 2 heteroatoms. The van der Waals surface area contributed by atoms with E-state index in [4.69, 9.17) is 4.74 Å². The molecule has 2 aliphatic rings. The van der Waals surface area contributed by atoms with Gasteiger partial charge >= 0.3 is 0 Å². The van der Waals surface area contributed by atoms with E-state index in [1.165, 1.54) is 32.1 Å². The summed E-state index contributed by atoms with van der Waals surface area (Å²) in [5.74, 6) is 0. The Morgan fingerprint density at radius 2 is 1.76 bits per heavy atom. The van der Waals surface area contributed by atoms with E-state index < -0.39 is 0 Å². The summed E-state index contributed by atoms with van der Waals surface area (Å²) in [6.45, 7) is 11.7. The second-order valence-electron chi connectivity index (χ2n) is 7.65. The van der Waals surface area contributed by atoms with Crippen LogP contribution in [0.25, 0.3) is 0 Å². The highest BCUT2D eigenvalue weighted by molar-refractivity contribution is 4.92. The summed E-state index contributed by atoms with van der Waals surface area (Å²) in [6, 6.07) is 0.679. The van der Waals surface area contributed by atoms with Crippen molar-refractivity contribution in [1.29, 1.82) is 0 Å². The summed E-state index contributed by atoms with van der Waals surface area (Å²) in [6.07, 6.45) is 6.92. The summed E-state index contributed by atoms with van der Waals surface area (Å²) in [5, 5.41) is 3.75. The fraction of sp³-hybridized carbons (Fsp3) is 1.00. The van der Waals surface area contributed by atoms with Crippen LogP contribution >= 0.6 is 0 Å². The Labute approximate surface area is 107 Å². The zero-order valence-corrected chi connectivity index (χ0v) is 12.0. The van der Waals surface area contributed by atoms with Gasteiger partial charge in [0.2, 0.25) is 0 Å². The predicted molar refractivity (Wildman–Crippen MR) is 72.2 cm³/mol. The van der Waals surface area contributed by atoms with Crippen LogP contribution in [0.2, 0.25) is 0 Å². The normalized spacial score (nSPS) is 32.8. The summed E-state index contributed by atoms with van der Waals surface area (Å²) in [5.41, 5.74) is 0.964. The van der Waals surface area contributed by atoms with Crippen LogP contribution in [0.1, 0.15) is 59.8 Å². The highest BCUT2D eigenvalue weighted by atomic mass is 16.5. The van der Waals surface area contributed by atoms with Crippen LogP contribution in [0.5, 0.6) is 0 Å². The molecule has 2 nitrogen and oxygen atoms in total. The van der Waals surface area contributed by atoms with E-state index in [2.05, 4.69) is 33.0 Å². The molecule has 0 amide bonds. The van der Waals surface area contributed by atoms with Crippen LogP contribution in [0, 0.1) is 10.8 Å². The first-order valence-electron chi connectivity index (χ1n) is 7.21. The highest BCUT2D eigenvalue weighted by Gasteiger charge is 2.38. The molecular formula is C15H29NO. The van der Waals surface area contributed by atoms with Crippen LogP contribution < -0.4 is 5.32 Å². The van der Waals surface area contributed by atoms with Crippen LogP contribution in [-0.2, 0) is 4.74 Å². The monoisotopic (exact) mass is 239 g/mol. The van der Waals surface area contributed by atoms with E-state index in [1.807, 2.05) is 0 Å². The molecule has 2 fully saturated rings. The number of nitrogens with one attached hydrogen (secondary N) is 1. The molecule has 1 N–H and O–H groups in total. The van der Waals surface area contributed by atoms with Gasteiger partial charge in [-0.1, -0.05) is 27.7 Å². The van der Waals surface area contributed by atoms with Crippen LogP contribution in [0.3, 0.4) is 0 Å². The molecule has 0 aromatic carbocycles. The van der Waals surface area contributed by atoms with Gasteiger partial charge < -0.3 is 10.1 Å². The maximum Gasteiger partial charge on any atom is 0.0700 e. The Hall–Kier alpha value is -0.0800. The molecule has 2 rings (SSSR count). The topological polar surface area (TPSA) is 21.3 Å². The Balaban J connectivity index is 1.83. The summed E-state index contributed by atoms with van der Waals surface area (Å²) >= 11 is 0. The Morgan fingerprint density at radius 3 is 2.29 bits per heavy atom. The van der Waals surface area contributed by atoms with Gasteiger partial charge in [-0.25, -0.2) is 0 Å². The lowest BCUT2D eigenvalue weighted by molar-refractivity contribution is 0.0678. The molecular weight excluding hydrogens is 210 g/mol. The first-order chi connectivity index (χ1) is 7.86. The quantitative estimate of drug-likeness (QED) is 0.815. The van der Waals surface area contributed by atoms with Gasteiger partial charge in [0.1, 0.15) is 0 Å². The van der Waals surface area contributed by atoms with Crippen molar-refractivity contribution in [2.24, 2.45) is 10.8 Å². The first kappa shape index (κ1) is 13.4. The largest absolute Gasteiger partial charge is 0.377 e. The van der Waals surface area contributed by atoms with Gasteiger partial charge in [-0.05, 0) is 42.9 Å². The average Bonchev–Trinajstić information content (AvgIpc) is 2.61. The molecule has 1 aliphatic heterocycles. The fourth-order valence-electron chi connectivity index (χ4n) is 4.09. The maximum atomic E-state index is 5.69. The van der Waals surface area contributed by atoms with Gasteiger partial charge in [-0.15, -0.1) is 0 Å². The molecule has 1 saturated heterocycles. The highest BCUT2D eigenvalue weighted by Crippen LogP contribution is 2.45. The minimum absolute atomic E-state index is 0.475. The third-order valence-corrected chi connectivity index (χ3v) is 4.21. The average molecular weight is 239 g/mol. The molecule has 0 bridgehead atoms. The van der Waals surface area contributed by atoms with Gasteiger partial charge in [-0.3, -0.25) is 0 Å². The van der Waals surface area contributed by atoms with E-state index >= 15 is 0 Å². The molecule has 100 valence electrons. The molecule has 17 heavy (non-hydrogen) atoms. The smallest absolute Gasteiger partial charge is 0.0700 e. The molecule has 1 unspecified atom stereocenters. The molecule has 1 saturated carbocycles. The SMILES string of the molecule is CC1(C)CC(NCC2CCCO2)CC(C)(C)C1. The van der Waals surface area contributed by atoms with Crippen molar-refractivity contribution in [2.45, 2.75) is 71.9 Å². The van der Waals surface area contributed by atoms with E-state index in [0.29, 0.717) is 23.0 Å². The lowest BCUT2D eigenvalue weighted by Gasteiger charge is -2.45. The van der Waals surface area contributed by atoms with Gasteiger partial charge in [0.15, 0.2) is 0 Å². The second-order valence-corrected chi connectivity index (χ2v) is 7.65. The minimum atomic E-state index is 0.475. The molecule has 0 aromatic rings. The first-order valence-corrected chi connectivity index (χ1v) is 7.21. The van der Waals surface area contributed by atoms with Crippen molar-refractivity contribution in [1.82, 2.24) is 5.32 Å². The third kappa shape index (κ3) is 3.96.